The van der Waals surface area contributed by atoms with Gasteiger partial charge in [-0.05, 0) is 61.6 Å². The van der Waals surface area contributed by atoms with E-state index in [4.69, 9.17) is 5.26 Å². The molecule has 0 saturated heterocycles. The number of isothiocyanates is 1. The lowest BCUT2D eigenvalue weighted by Crippen LogP contribution is -2.42. The lowest BCUT2D eigenvalue weighted by atomic mass is 10.1. The van der Waals surface area contributed by atoms with Gasteiger partial charge < -0.3 is 10.4 Å². The van der Waals surface area contributed by atoms with Gasteiger partial charge in [0.05, 0.1) is 28.0 Å². The third-order valence-electron chi connectivity index (χ3n) is 3.72. The van der Waals surface area contributed by atoms with Crippen molar-refractivity contribution in [1.29, 1.82) is 5.26 Å². The minimum Gasteiger partial charge on any atom is -0.379 e. The molecule has 0 aliphatic rings. The van der Waals surface area contributed by atoms with Gasteiger partial charge in [-0.2, -0.15) is 23.4 Å². The van der Waals surface area contributed by atoms with Crippen LogP contribution in [0.1, 0.15) is 18.1 Å². The maximum atomic E-state index is 13.0. The predicted molar refractivity (Wildman–Crippen MR) is 107 cm³/mol. The minimum absolute atomic E-state index is 0.0446. The van der Waals surface area contributed by atoms with E-state index in [0.717, 1.165) is 11.0 Å². The molecule has 0 aliphatic heterocycles. The standard InChI is InChI=1S/C19H14F3N3O2S2/c1-18(27,10-29-15-6-4-13(5-7-15)24-11-28)17(26)25-14-3-2-12(9-23)16(8-14)19(20,21)22/h2-8,27H,10H2,1H3,(H,25,26)/t18-/m0/s1. The van der Waals surface area contributed by atoms with Gasteiger partial charge in [0.2, 0.25) is 0 Å². The summed E-state index contributed by atoms with van der Waals surface area (Å²) in [4.78, 5) is 16.9. The van der Waals surface area contributed by atoms with Crippen LogP contribution >= 0.6 is 24.0 Å². The Labute approximate surface area is 174 Å². The van der Waals surface area contributed by atoms with Crippen molar-refractivity contribution >= 4 is 46.4 Å². The summed E-state index contributed by atoms with van der Waals surface area (Å²) in [7, 11) is 0. The Morgan fingerprint density at radius 1 is 1.28 bits per heavy atom. The Hall–Kier alpha value is -2.70. The molecule has 1 amide bonds. The number of thiocarbonyl (C=S) groups is 1. The van der Waals surface area contributed by atoms with Crippen molar-refractivity contribution in [1.82, 2.24) is 0 Å². The van der Waals surface area contributed by atoms with Gasteiger partial charge in [-0.3, -0.25) is 4.79 Å². The quantitative estimate of drug-likeness (QED) is 0.385. The molecule has 2 rings (SSSR count). The number of nitriles is 1. The van der Waals surface area contributed by atoms with Crippen LogP contribution in [0.15, 0.2) is 52.4 Å². The average molecular weight is 437 g/mol. The number of aliphatic imine (C=N–C) groups is 1. The number of benzene rings is 2. The van der Waals surface area contributed by atoms with Crippen LogP contribution in [-0.4, -0.2) is 27.5 Å². The molecule has 2 aromatic carbocycles. The van der Waals surface area contributed by atoms with E-state index in [1.54, 1.807) is 24.3 Å². The number of amides is 1. The van der Waals surface area contributed by atoms with E-state index in [0.29, 0.717) is 11.8 Å². The highest BCUT2D eigenvalue weighted by Gasteiger charge is 2.35. The molecule has 5 nitrogen and oxygen atoms in total. The van der Waals surface area contributed by atoms with Crippen LogP contribution in [0.25, 0.3) is 0 Å². The molecule has 0 heterocycles. The van der Waals surface area contributed by atoms with Crippen LogP contribution in [-0.2, 0) is 11.0 Å². The SMILES string of the molecule is C[C@](O)(CSc1ccc(N=C=S)cc1)C(=O)Nc1ccc(C#N)c(C(F)(F)F)c1. The number of alkyl halides is 3. The van der Waals surface area contributed by atoms with E-state index in [9.17, 15) is 23.1 Å². The van der Waals surface area contributed by atoms with Crippen molar-refractivity contribution < 1.29 is 23.1 Å². The highest BCUT2D eigenvalue weighted by atomic mass is 32.2. The molecule has 0 radical (unpaired) electrons. The van der Waals surface area contributed by atoms with Crippen LogP contribution in [0, 0.1) is 11.3 Å². The zero-order valence-electron chi connectivity index (χ0n) is 14.9. The predicted octanol–water partition coefficient (Wildman–Crippen LogP) is 4.79. The molecule has 0 aromatic heterocycles. The molecule has 29 heavy (non-hydrogen) atoms. The van der Waals surface area contributed by atoms with E-state index < -0.39 is 28.8 Å². The molecule has 2 aromatic rings. The molecule has 0 saturated carbocycles. The Balaban J connectivity index is 2.09. The Morgan fingerprint density at radius 3 is 2.48 bits per heavy atom. The fourth-order valence-corrected chi connectivity index (χ4v) is 3.19. The van der Waals surface area contributed by atoms with Crippen LogP contribution in [0.4, 0.5) is 24.5 Å². The molecule has 10 heteroatoms. The first kappa shape index (κ1) is 22.6. The number of nitrogens with zero attached hydrogens (tertiary/aromatic N) is 2. The lowest BCUT2D eigenvalue weighted by molar-refractivity contribution is -0.137. The first-order chi connectivity index (χ1) is 13.6. The van der Waals surface area contributed by atoms with Crippen molar-refractivity contribution in [2.75, 3.05) is 11.1 Å². The van der Waals surface area contributed by atoms with E-state index >= 15 is 0 Å². The maximum Gasteiger partial charge on any atom is 0.417 e. The van der Waals surface area contributed by atoms with Gasteiger partial charge >= 0.3 is 6.18 Å². The number of thioether (sulfide) groups is 1. The van der Waals surface area contributed by atoms with Gasteiger partial charge in [-0.1, -0.05) is 0 Å². The Morgan fingerprint density at radius 2 is 1.93 bits per heavy atom. The molecule has 0 fully saturated rings. The van der Waals surface area contributed by atoms with Crippen molar-refractivity contribution in [3.8, 4) is 6.07 Å². The summed E-state index contributed by atoms with van der Waals surface area (Å²) in [5, 5.41) is 23.7. The van der Waals surface area contributed by atoms with Crippen LogP contribution in [0.3, 0.4) is 0 Å². The number of hydrogen-bond donors (Lipinski definition) is 2. The summed E-state index contributed by atoms with van der Waals surface area (Å²) in [5.74, 6) is -0.915. The molecule has 0 spiro atoms. The molecule has 2 N–H and O–H groups in total. The highest BCUT2D eigenvalue weighted by Crippen LogP contribution is 2.34. The van der Waals surface area contributed by atoms with Gasteiger partial charge in [0.25, 0.3) is 5.91 Å². The van der Waals surface area contributed by atoms with E-state index in [-0.39, 0.29) is 11.4 Å². The second kappa shape index (κ2) is 9.20. The Bertz CT molecular complexity index is 993. The molecule has 1 atom stereocenters. The van der Waals surface area contributed by atoms with Crippen molar-refractivity contribution in [3.05, 3.63) is 53.6 Å². The molecule has 0 bridgehead atoms. The minimum atomic E-state index is -4.75. The van der Waals surface area contributed by atoms with Gasteiger partial charge in [0.1, 0.15) is 5.60 Å². The third-order valence-corrected chi connectivity index (χ3v) is 5.13. The molecule has 150 valence electrons. The average Bonchev–Trinajstić information content (AvgIpc) is 2.67. The zero-order chi connectivity index (χ0) is 21.7. The number of anilines is 1. The monoisotopic (exact) mass is 437 g/mol. The van der Waals surface area contributed by atoms with Crippen molar-refractivity contribution in [3.63, 3.8) is 0 Å². The first-order valence-electron chi connectivity index (χ1n) is 8.03. The summed E-state index contributed by atoms with van der Waals surface area (Å²) in [6.45, 7) is 1.26. The topological polar surface area (TPSA) is 85.5 Å². The number of nitrogens with one attached hydrogen (secondary N) is 1. The first-order valence-corrected chi connectivity index (χ1v) is 9.42. The number of aliphatic hydroxyl groups is 1. The molecule has 0 unspecified atom stereocenters. The molecular formula is C19H14F3N3O2S2. The second-order valence-electron chi connectivity index (χ2n) is 6.08. The lowest BCUT2D eigenvalue weighted by Gasteiger charge is -2.22. The fraction of sp³-hybridized carbons (Fsp3) is 0.211. The normalized spacial score (nSPS) is 13.0. The van der Waals surface area contributed by atoms with Crippen LogP contribution < -0.4 is 5.32 Å². The third kappa shape index (κ3) is 6.14. The highest BCUT2D eigenvalue weighted by molar-refractivity contribution is 7.99. The number of carbonyl (C=O) groups is 1. The second-order valence-corrected chi connectivity index (χ2v) is 7.31. The van der Waals surface area contributed by atoms with Gasteiger partial charge in [-0.25, -0.2) is 0 Å². The smallest absolute Gasteiger partial charge is 0.379 e. The van der Waals surface area contributed by atoms with E-state index in [1.807, 2.05) is 0 Å². The van der Waals surface area contributed by atoms with Crippen LogP contribution in [0.5, 0.6) is 0 Å². The van der Waals surface area contributed by atoms with E-state index in [2.05, 4.69) is 27.7 Å². The molecular weight excluding hydrogens is 423 g/mol. The summed E-state index contributed by atoms with van der Waals surface area (Å²) in [6, 6.07) is 11.1. The number of hydrogen-bond acceptors (Lipinski definition) is 6. The fourth-order valence-electron chi connectivity index (χ4n) is 2.18. The summed E-state index contributed by atoms with van der Waals surface area (Å²) >= 11 is 5.70. The Kier molecular flexibility index (Phi) is 7.16. The number of rotatable bonds is 6. The van der Waals surface area contributed by atoms with Gasteiger partial charge in [0.15, 0.2) is 0 Å². The summed E-state index contributed by atoms with van der Waals surface area (Å²) < 4.78 is 39.1. The summed E-state index contributed by atoms with van der Waals surface area (Å²) in [5.41, 5.74) is -3.14. The van der Waals surface area contributed by atoms with Crippen molar-refractivity contribution in [2.45, 2.75) is 23.6 Å². The van der Waals surface area contributed by atoms with Gasteiger partial charge in [-0.15, -0.1) is 11.8 Å². The summed E-state index contributed by atoms with van der Waals surface area (Å²) in [6.07, 6.45) is -4.75. The number of halogens is 3. The van der Waals surface area contributed by atoms with Gasteiger partial charge in [0, 0.05) is 16.3 Å². The number of carbonyl (C=O) groups excluding carboxylic acids is 1. The van der Waals surface area contributed by atoms with E-state index in [1.165, 1.54) is 30.8 Å². The molecule has 0 aliphatic carbocycles. The largest absolute Gasteiger partial charge is 0.417 e. The van der Waals surface area contributed by atoms with Crippen LogP contribution in [0.2, 0.25) is 0 Å². The van der Waals surface area contributed by atoms with Crippen molar-refractivity contribution in [2.24, 2.45) is 4.99 Å². The maximum absolute atomic E-state index is 13.0. The zero-order valence-corrected chi connectivity index (χ0v) is 16.6.